The van der Waals surface area contributed by atoms with Crippen molar-refractivity contribution in [3.8, 4) is 0 Å². The minimum atomic E-state index is 0.513. The van der Waals surface area contributed by atoms with Gasteiger partial charge in [0, 0.05) is 23.7 Å². The highest BCUT2D eigenvalue weighted by molar-refractivity contribution is 5.84. The molecule has 1 aliphatic rings. The molecule has 2 aromatic rings. The third kappa shape index (κ3) is 1.15. The van der Waals surface area contributed by atoms with E-state index in [4.69, 9.17) is 5.73 Å². The fraction of sp³-hybridized carbons (Fsp3) is 0.385. The van der Waals surface area contributed by atoms with Crippen LogP contribution in [0.3, 0.4) is 0 Å². The molecule has 1 atom stereocenters. The highest BCUT2D eigenvalue weighted by atomic mass is 15.1. The normalized spacial score (nSPS) is 19.7. The topological polar surface area (TPSA) is 30.9 Å². The first-order valence-electron chi connectivity index (χ1n) is 5.61. The van der Waals surface area contributed by atoms with E-state index in [0.717, 1.165) is 6.54 Å². The summed E-state index contributed by atoms with van der Waals surface area (Å²) in [7, 11) is 0. The molecule has 0 fully saturated rings. The number of rotatable bonds is 1. The maximum atomic E-state index is 5.83. The van der Waals surface area contributed by atoms with Crippen molar-refractivity contribution in [2.24, 2.45) is 5.73 Å². The summed E-state index contributed by atoms with van der Waals surface area (Å²) in [6.45, 7) is 2.94. The Kier molecular flexibility index (Phi) is 1.86. The van der Waals surface area contributed by atoms with Crippen LogP contribution in [0.1, 0.15) is 23.7 Å². The maximum Gasteiger partial charge on any atom is 0.0515 e. The lowest BCUT2D eigenvalue weighted by atomic mass is 10.1. The van der Waals surface area contributed by atoms with Crippen LogP contribution >= 0.6 is 0 Å². The fourth-order valence-electron chi connectivity index (χ4n) is 2.80. The van der Waals surface area contributed by atoms with Gasteiger partial charge in [-0.3, -0.25) is 0 Å². The zero-order valence-corrected chi connectivity index (χ0v) is 9.03. The van der Waals surface area contributed by atoms with Crippen molar-refractivity contribution in [3.05, 3.63) is 35.5 Å². The summed E-state index contributed by atoms with van der Waals surface area (Å²) < 4.78 is 2.45. The van der Waals surface area contributed by atoms with Gasteiger partial charge < -0.3 is 10.3 Å². The molecule has 0 spiro atoms. The molecule has 1 aliphatic heterocycles. The van der Waals surface area contributed by atoms with Crippen LogP contribution in [0.15, 0.2) is 24.3 Å². The number of nitrogens with two attached hydrogens (primary N) is 1. The average molecular weight is 200 g/mol. The Bertz CT molecular complexity index is 510. The summed E-state index contributed by atoms with van der Waals surface area (Å²) >= 11 is 0. The fourth-order valence-corrected chi connectivity index (χ4v) is 2.80. The zero-order valence-electron chi connectivity index (χ0n) is 9.03. The number of para-hydroxylation sites is 1. The van der Waals surface area contributed by atoms with Crippen molar-refractivity contribution in [1.29, 1.82) is 0 Å². The lowest BCUT2D eigenvalue weighted by molar-refractivity contribution is 0.553. The number of aryl methyl sites for hydroxylation is 2. The van der Waals surface area contributed by atoms with Gasteiger partial charge in [0.1, 0.15) is 0 Å². The minimum Gasteiger partial charge on any atom is -0.340 e. The van der Waals surface area contributed by atoms with Gasteiger partial charge >= 0.3 is 0 Å². The summed E-state index contributed by atoms with van der Waals surface area (Å²) in [4.78, 5) is 0. The molecule has 1 unspecified atom stereocenters. The first-order valence-corrected chi connectivity index (χ1v) is 5.61. The molecule has 2 nitrogen and oxygen atoms in total. The second-order valence-corrected chi connectivity index (χ2v) is 4.45. The van der Waals surface area contributed by atoms with Crippen LogP contribution in [-0.4, -0.2) is 11.1 Å². The van der Waals surface area contributed by atoms with Crippen molar-refractivity contribution in [2.75, 3.05) is 6.54 Å². The smallest absolute Gasteiger partial charge is 0.0515 e. The summed E-state index contributed by atoms with van der Waals surface area (Å²) in [5.74, 6) is 0. The Morgan fingerprint density at radius 3 is 3.13 bits per heavy atom. The molecule has 3 rings (SSSR count). The molecule has 0 saturated heterocycles. The van der Waals surface area contributed by atoms with E-state index in [-0.39, 0.29) is 0 Å². The third-order valence-electron chi connectivity index (χ3n) is 3.51. The van der Waals surface area contributed by atoms with Gasteiger partial charge in [-0.15, -0.1) is 0 Å². The van der Waals surface area contributed by atoms with E-state index in [9.17, 15) is 0 Å². The quantitative estimate of drug-likeness (QED) is 0.753. The van der Waals surface area contributed by atoms with Gasteiger partial charge in [-0.2, -0.15) is 0 Å². The van der Waals surface area contributed by atoms with Crippen molar-refractivity contribution < 1.29 is 0 Å². The minimum absolute atomic E-state index is 0.513. The van der Waals surface area contributed by atoms with Gasteiger partial charge in [-0.05, 0) is 31.4 Å². The average Bonchev–Trinajstić information content (AvgIpc) is 2.75. The second-order valence-electron chi connectivity index (χ2n) is 4.45. The first kappa shape index (κ1) is 8.98. The Morgan fingerprint density at radius 1 is 1.47 bits per heavy atom. The van der Waals surface area contributed by atoms with Crippen LogP contribution in [0, 0.1) is 6.92 Å². The van der Waals surface area contributed by atoms with E-state index in [2.05, 4.69) is 35.8 Å². The van der Waals surface area contributed by atoms with Crippen LogP contribution < -0.4 is 5.73 Å². The Hall–Kier alpha value is -1.28. The van der Waals surface area contributed by atoms with Crippen molar-refractivity contribution >= 4 is 10.9 Å². The summed E-state index contributed by atoms with van der Waals surface area (Å²) in [5.41, 5.74) is 10.0. The molecule has 0 radical (unpaired) electrons. The molecule has 1 aromatic heterocycles. The maximum absolute atomic E-state index is 5.83. The summed E-state index contributed by atoms with van der Waals surface area (Å²) in [6.07, 6.45) is 2.38. The highest BCUT2D eigenvalue weighted by Gasteiger charge is 2.23. The number of nitrogens with zero attached hydrogens (tertiary/aromatic N) is 1. The van der Waals surface area contributed by atoms with E-state index in [1.807, 2.05) is 0 Å². The highest BCUT2D eigenvalue weighted by Crippen LogP contribution is 2.33. The lowest BCUT2D eigenvalue weighted by Gasteiger charge is -2.13. The predicted octanol–water partition coefficient (Wildman–Crippen LogP) is 2.40. The van der Waals surface area contributed by atoms with Crippen molar-refractivity contribution in [3.63, 3.8) is 0 Å². The molecule has 0 bridgehead atoms. The molecule has 0 aliphatic carbocycles. The van der Waals surface area contributed by atoms with Crippen LogP contribution in [0.5, 0.6) is 0 Å². The first-order chi connectivity index (χ1) is 7.31. The number of hydrogen-bond donors (Lipinski definition) is 1. The Balaban J connectivity index is 2.34. The largest absolute Gasteiger partial charge is 0.340 e. The van der Waals surface area contributed by atoms with Gasteiger partial charge in [0.05, 0.1) is 5.52 Å². The SMILES string of the molecule is Cc1cccc2cc3n(c12)C(CN)CC3. The number of hydrogen-bond acceptors (Lipinski definition) is 1. The molecule has 15 heavy (non-hydrogen) atoms. The molecule has 2 N–H and O–H groups in total. The number of fused-ring (bicyclic) bond motifs is 3. The van der Waals surface area contributed by atoms with E-state index >= 15 is 0 Å². The Labute approximate surface area is 89.7 Å². The predicted molar refractivity (Wildman–Crippen MR) is 63.1 cm³/mol. The van der Waals surface area contributed by atoms with Crippen molar-refractivity contribution in [2.45, 2.75) is 25.8 Å². The molecule has 0 amide bonds. The molecule has 2 heteroatoms. The van der Waals surface area contributed by atoms with E-state index in [0.29, 0.717) is 6.04 Å². The summed E-state index contributed by atoms with van der Waals surface area (Å²) in [5, 5.41) is 1.36. The third-order valence-corrected chi connectivity index (χ3v) is 3.51. The van der Waals surface area contributed by atoms with Crippen LogP contribution in [0.25, 0.3) is 10.9 Å². The number of benzene rings is 1. The lowest BCUT2D eigenvalue weighted by Crippen LogP contribution is -2.15. The monoisotopic (exact) mass is 200 g/mol. The van der Waals surface area contributed by atoms with Gasteiger partial charge in [0.2, 0.25) is 0 Å². The van der Waals surface area contributed by atoms with Crippen LogP contribution in [-0.2, 0) is 6.42 Å². The molecule has 1 aromatic carbocycles. The van der Waals surface area contributed by atoms with Gasteiger partial charge in [-0.25, -0.2) is 0 Å². The molecular formula is C13H16N2. The second kappa shape index (κ2) is 3.11. The van der Waals surface area contributed by atoms with Gasteiger partial charge in [0.25, 0.3) is 0 Å². The molecular weight excluding hydrogens is 184 g/mol. The van der Waals surface area contributed by atoms with Crippen LogP contribution in [0.4, 0.5) is 0 Å². The van der Waals surface area contributed by atoms with E-state index in [1.54, 1.807) is 0 Å². The molecule has 78 valence electrons. The Morgan fingerprint density at radius 2 is 2.33 bits per heavy atom. The zero-order chi connectivity index (χ0) is 10.4. The van der Waals surface area contributed by atoms with Crippen molar-refractivity contribution in [1.82, 2.24) is 4.57 Å². The van der Waals surface area contributed by atoms with Gasteiger partial charge in [-0.1, -0.05) is 18.2 Å². The van der Waals surface area contributed by atoms with Gasteiger partial charge in [0.15, 0.2) is 0 Å². The van der Waals surface area contributed by atoms with E-state index in [1.165, 1.54) is 35.0 Å². The van der Waals surface area contributed by atoms with Crippen LogP contribution in [0.2, 0.25) is 0 Å². The molecule has 2 heterocycles. The van der Waals surface area contributed by atoms with E-state index < -0.39 is 0 Å². The summed E-state index contributed by atoms with van der Waals surface area (Å²) in [6, 6.07) is 9.34. The molecule has 0 saturated carbocycles. The number of aromatic nitrogens is 1. The standard InChI is InChI=1S/C13H16N2/c1-9-3-2-4-10-7-11-5-6-12(8-14)15(11)13(9)10/h2-4,7,12H,5-6,8,14H2,1H3.